The fourth-order valence-electron chi connectivity index (χ4n) is 2.68. The second-order valence-electron chi connectivity index (χ2n) is 5.48. The number of ether oxygens (including phenoxy) is 1. The number of rotatable bonds is 7. The maximum absolute atomic E-state index is 12.1. The Labute approximate surface area is 123 Å². The molecule has 0 spiro atoms. The molecule has 0 unspecified atom stereocenters. The molecule has 0 heterocycles. The molecule has 124 valence electrons. The first-order valence-corrected chi connectivity index (χ1v) is 7.58. The van der Waals surface area contributed by atoms with Crippen LogP contribution >= 0.6 is 0 Å². The second-order valence-corrected chi connectivity index (χ2v) is 5.48. The molecule has 1 fully saturated rings. The molecule has 0 aromatic heterocycles. The summed E-state index contributed by atoms with van der Waals surface area (Å²) < 4.78 is 40.7. The molecule has 1 aliphatic carbocycles. The first-order chi connectivity index (χ1) is 9.94. The normalized spacial score (nSPS) is 17.5. The molecule has 0 aromatic rings. The van der Waals surface area contributed by atoms with Crippen LogP contribution in [0.2, 0.25) is 0 Å². The maximum atomic E-state index is 12.1. The highest BCUT2D eigenvalue weighted by molar-refractivity contribution is 5.77. The van der Waals surface area contributed by atoms with E-state index in [0.29, 0.717) is 19.5 Å². The van der Waals surface area contributed by atoms with Gasteiger partial charge in [-0.15, -0.1) is 0 Å². The number of hydrogen-bond donors (Lipinski definition) is 1. The van der Waals surface area contributed by atoms with Crippen molar-refractivity contribution in [3.05, 3.63) is 0 Å². The molecule has 0 aromatic carbocycles. The van der Waals surface area contributed by atoms with Crippen LogP contribution < -0.4 is 5.73 Å². The van der Waals surface area contributed by atoms with E-state index in [2.05, 4.69) is 4.74 Å². The third-order valence-corrected chi connectivity index (χ3v) is 3.68. The monoisotopic (exact) mass is 310 g/mol. The smallest absolute Gasteiger partial charge is 0.362 e. The predicted octanol–water partition coefficient (Wildman–Crippen LogP) is 2.47. The number of alkyl halides is 3. The average molecular weight is 310 g/mol. The standard InChI is InChI=1S/C14H25F3N2O2/c15-14(16,17)11-21-10-13(20)19(9-5-8-18)12-6-3-1-2-4-7-12/h12H,1-11,18H2. The minimum absolute atomic E-state index is 0.112. The van der Waals surface area contributed by atoms with Crippen molar-refractivity contribution in [3.63, 3.8) is 0 Å². The van der Waals surface area contributed by atoms with Crippen molar-refractivity contribution in [3.8, 4) is 0 Å². The van der Waals surface area contributed by atoms with Crippen molar-refractivity contribution < 1.29 is 22.7 Å². The van der Waals surface area contributed by atoms with E-state index in [4.69, 9.17) is 5.73 Å². The van der Waals surface area contributed by atoms with Crippen LogP contribution in [0.15, 0.2) is 0 Å². The Morgan fingerprint density at radius 1 is 1.19 bits per heavy atom. The van der Waals surface area contributed by atoms with E-state index in [1.807, 2.05) is 0 Å². The second kappa shape index (κ2) is 9.25. The van der Waals surface area contributed by atoms with E-state index in [0.717, 1.165) is 38.5 Å². The molecule has 1 amide bonds. The number of hydrogen-bond acceptors (Lipinski definition) is 3. The highest BCUT2D eigenvalue weighted by Crippen LogP contribution is 2.22. The summed E-state index contributed by atoms with van der Waals surface area (Å²) in [6, 6.07) is 0.112. The molecule has 4 nitrogen and oxygen atoms in total. The van der Waals surface area contributed by atoms with E-state index in [1.54, 1.807) is 4.90 Å². The Morgan fingerprint density at radius 2 is 1.81 bits per heavy atom. The molecule has 21 heavy (non-hydrogen) atoms. The highest BCUT2D eigenvalue weighted by Gasteiger charge is 2.29. The van der Waals surface area contributed by atoms with Crippen molar-refractivity contribution in [2.45, 2.75) is 57.2 Å². The lowest BCUT2D eigenvalue weighted by Gasteiger charge is -2.31. The zero-order valence-electron chi connectivity index (χ0n) is 12.3. The van der Waals surface area contributed by atoms with E-state index in [9.17, 15) is 18.0 Å². The molecule has 1 rings (SSSR count). The molecule has 0 aliphatic heterocycles. The lowest BCUT2D eigenvalue weighted by molar-refractivity contribution is -0.178. The summed E-state index contributed by atoms with van der Waals surface area (Å²) in [5.74, 6) is -0.361. The molecule has 1 aliphatic rings. The molecule has 2 N–H and O–H groups in total. The molecule has 0 radical (unpaired) electrons. The number of carbonyl (C=O) groups excluding carboxylic acids is 1. The van der Waals surface area contributed by atoms with E-state index in [1.165, 1.54) is 0 Å². The van der Waals surface area contributed by atoms with Crippen LogP contribution in [0.25, 0.3) is 0 Å². The number of halogens is 3. The summed E-state index contributed by atoms with van der Waals surface area (Å²) in [6.45, 7) is -0.940. The van der Waals surface area contributed by atoms with Gasteiger partial charge < -0.3 is 15.4 Å². The molecular weight excluding hydrogens is 285 g/mol. The van der Waals surface area contributed by atoms with Gasteiger partial charge in [0.2, 0.25) is 5.91 Å². The van der Waals surface area contributed by atoms with Crippen LogP contribution in [0.3, 0.4) is 0 Å². The Balaban J connectivity index is 2.51. The van der Waals surface area contributed by atoms with Crippen LogP contribution in [-0.2, 0) is 9.53 Å². The minimum Gasteiger partial charge on any atom is -0.362 e. The van der Waals surface area contributed by atoms with Crippen LogP contribution in [0.1, 0.15) is 44.9 Å². The van der Waals surface area contributed by atoms with Gasteiger partial charge >= 0.3 is 6.18 Å². The summed E-state index contributed by atoms with van der Waals surface area (Å²) in [4.78, 5) is 13.8. The minimum atomic E-state index is -4.40. The van der Waals surface area contributed by atoms with E-state index >= 15 is 0 Å². The lowest BCUT2D eigenvalue weighted by Crippen LogP contribution is -2.43. The Hall–Kier alpha value is -0.820. The number of amides is 1. The number of nitrogens with zero attached hydrogens (tertiary/aromatic N) is 1. The van der Waals surface area contributed by atoms with Crippen LogP contribution in [0.4, 0.5) is 13.2 Å². The number of carbonyl (C=O) groups is 1. The van der Waals surface area contributed by atoms with Gasteiger partial charge in [-0.1, -0.05) is 25.7 Å². The van der Waals surface area contributed by atoms with Crippen LogP contribution in [-0.4, -0.2) is 49.3 Å². The van der Waals surface area contributed by atoms with Crippen LogP contribution in [0.5, 0.6) is 0 Å². The van der Waals surface area contributed by atoms with Crippen LogP contribution in [0, 0.1) is 0 Å². The van der Waals surface area contributed by atoms with Gasteiger partial charge in [0.1, 0.15) is 13.2 Å². The van der Waals surface area contributed by atoms with Crippen molar-refractivity contribution >= 4 is 5.91 Å². The van der Waals surface area contributed by atoms with Gasteiger partial charge in [0, 0.05) is 12.6 Å². The van der Waals surface area contributed by atoms with Gasteiger partial charge in [-0.25, -0.2) is 0 Å². The van der Waals surface area contributed by atoms with E-state index in [-0.39, 0.29) is 11.9 Å². The Bertz CT molecular complexity index is 303. The van der Waals surface area contributed by atoms with Gasteiger partial charge in [-0.3, -0.25) is 4.79 Å². The van der Waals surface area contributed by atoms with Gasteiger partial charge in [0.15, 0.2) is 0 Å². The topological polar surface area (TPSA) is 55.6 Å². The fraction of sp³-hybridized carbons (Fsp3) is 0.929. The third kappa shape index (κ3) is 7.66. The molecule has 0 bridgehead atoms. The molecule has 0 atom stereocenters. The molecule has 0 saturated heterocycles. The average Bonchev–Trinajstić information content (AvgIpc) is 2.67. The third-order valence-electron chi connectivity index (χ3n) is 3.68. The Morgan fingerprint density at radius 3 is 2.33 bits per heavy atom. The SMILES string of the molecule is NCCCN(C(=O)COCC(F)(F)F)C1CCCCCC1. The first kappa shape index (κ1) is 18.2. The van der Waals surface area contributed by atoms with Crippen molar-refractivity contribution in [1.29, 1.82) is 0 Å². The number of nitrogens with two attached hydrogens (primary N) is 1. The summed E-state index contributed by atoms with van der Waals surface area (Å²) in [5, 5.41) is 0. The summed E-state index contributed by atoms with van der Waals surface area (Å²) in [6.07, 6.45) is 2.50. The van der Waals surface area contributed by atoms with Crippen molar-refractivity contribution in [2.75, 3.05) is 26.3 Å². The van der Waals surface area contributed by atoms with Crippen molar-refractivity contribution in [1.82, 2.24) is 4.90 Å². The summed E-state index contributed by atoms with van der Waals surface area (Å²) >= 11 is 0. The molecular formula is C14H25F3N2O2. The maximum Gasteiger partial charge on any atom is 0.411 e. The zero-order chi connectivity index (χ0) is 15.7. The van der Waals surface area contributed by atoms with Gasteiger partial charge in [-0.05, 0) is 25.8 Å². The highest BCUT2D eigenvalue weighted by atomic mass is 19.4. The van der Waals surface area contributed by atoms with Gasteiger partial charge in [0.05, 0.1) is 0 Å². The zero-order valence-corrected chi connectivity index (χ0v) is 12.3. The predicted molar refractivity (Wildman–Crippen MR) is 73.7 cm³/mol. The molecule has 1 saturated carbocycles. The molecule has 7 heteroatoms. The van der Waals surface area contributed by atoms with Gasteiger partial charge in [-0.2, -0.15) is 13.2 Å². The first-order valence-electron chi connectivity index (χ1n) is 7.58. The quantitative estimate of drug-likeness (QED) is 0.735. The Kier molecular flexibility index (Phi) is 8.03. The van der Waals surface area contributed by atoms with E-state index < -0.39 is 19.4 Å². The lowest BCUT2D eigenvalue weighted by atomic mass is 10.1. The van der Waals surface area contributed by atoms with Gasteiger partial charge in [0.25, 0.3) is 0 Å². The largest absolute Gasteiger partial charge is 0.411 e. The fourth-order valence-corrected chi connectivity index (χ4v) is 2.68. The summed E-state index contributed by atoms with van der Waals surface area (Å²) in [7, 11) is 0. The van der Waals surface area contributed by atoms with Crippen molar-refractivity contribution in [2.24, 2.45) is 5.73 Å². The summed E-state index contributed by atoms with van der Waals surface area (Å²) in [5.41, 5.74) is 5.48.